The monoisotopic (exact) mass is 352 g/mol. The van der Waals surface area contributed by atoms with E-state index in [0.717, 1.165) is 12.1 Å². The molecule has 1 fully saturated rings. The first-order chi connectivity index (χ1) is 11.8. The maximum absolute atomic E-state index is 12.7. The summed E-state index contributed by atoms with van der Waals surface area (Å²) in [7, 11) is 1.62. The SMILES string of the molecule is C=Nc1c(C(=O)NC2(c3ccc(C(F)(F)F)cc3)COC2)cnn1C. The van der Waals surface area contributed by atoms with Crippen molar-refractivity contribution in [3.05, 3.63) is 47.2 Å². The number of halogens is 3. The number of carbonyl (C=O) groups excluding carboxylic acids is 1. The number of aliphatic imine (C=N–C) groups is 1. The third-order valence-corrected chi connectivity index (χ3v) is 4.12. The van der Waals surface area contributed by atoms with Crippen LogP contribution < -0.4 is 5.32 Å². The molecule has 0 radical (unpaired) electrons. The smallest absolute Gasteiger partial charge is 0.376 e. The Labute approximate surface area is 141 Å². The summed E-state index contributed by atoms with van der Waals surface area (Å²) in [6, 6.07) is 4.67. The van der Waals surface area contributed by atoms with Gasteiger partial charge in [-0.2, -0.15) is 18.3 Å². The van der Waals surface area contributed by atoms with Crippen LogP contribution in [0.25, 0.3) is 0 Å². The van der Waals surface area contributed by atoms with Crippen LogP contribution in [0.4, 0.5) is 19.0 Å². The summed E-state index contributed by atoms with van der Waals surface area (Å²) < 4.78 is 44.7. The number of hydrogen-bond donors (Lipinski definition) is 1. The van der Waals surface area contributed by atoms with Crippen LogP contribution in [0.5, 0.6) is 0 Å². The van der Waals surface area contributed by atoms with Crippen molar-refractivity contribution in [2.75, 3.05) is 13.2 Å². The molecule has 0 bridgehead atoms. The predicted octanol–water partition coefficient (Wildman–Crippen LogP) is 2.43. The van der Waals surface area contributed by atoms with Gasteiger partial charge in [-0.05, 0) is 24.4 Å². The molecule has 3 rings (SSSR count). The lowest BCUT2D eigenvalue weighted by atomic mass is 9.87. The minimum absolute atomic E-state index is 0.168. The minimum Gasteiger partial charge on any atom is -0.376 e. The molecule has 1 saturated heterocycles. The van der Waals surface area contributed by atoms with Gasteiger partial charge in [0.25, 0.3) is 5.91 Å². The highest BCUT2D eigenvalue weighted by molar-refractivity contribution is 5.98. The Balaban J connectivity index is 1.86. The van der Waals surface area contributed by atoms with Crippen LogP contribution in [0, 0.1) is 0 Å². The molecule has 1 aromatic heterocycles. The molecule has 2 aromatic rings. The van der Waals surface area contributed by atoms with Crippen LogP contribution >= 0.6 is 0 Å². The lowest BCUT2D eigenvalue weighted by Crippen LogP contribution is -2.59. The third kappa shape index (κ3) is 3.02. The normalized spacial score (nSPS) is 16.2. The van der Waals surface area contributed by atoms with Gasteiger partial charge in [0.1, 0.15) is 11.1 Å². The highest BCUT2D eigenvalue weighted by Crippen LogP contribution is 2.34. The van der Waals surface area contributed by atoms with Gasteiger partial charge in [-0.1, -0.05) is 12.1 Å². The van der Waals surface area contributed by atoms with Crippen molar-refractivity contribution in [2.45, 2.75) is 11.7 Å². The molecule has 0 spiro atoms. The molecule has 6 nitrogen and oxygen atoms in total. The van der Waals surface area contributed by atoms with Gasteiger partial charge in [0.15, 0.2) is 5.82 Å². The molecular formula is C16H15F3N4O2. The van der Waals surface area contributed by atoms with Crippen molar-refractivity contribution >= 4 is 18.4 Å². The summed E-state index contributed by atoms with van der Waals surface area (Å²) in [6.07, 6.45) is -3.05. The number of alkyl halides is 3. The highest BCUT2D eigenvalue weighted by atomic mass is 19.4. The van der Waals surface area contributed by atoms with Gasteiger partial charge in [0, 0.05) is 7.05 Å². The Morgan fingerprint density at radius 2 is 2.00 bits per heavy atom. The molecule has 25 heavy (non-hydrogen) atoms. The molecule has 1 N–H and O–H groups in total. The van der Waals surface area contributed by atoms with Crippen LogP contribution in [-0.2, 0) is 23.5 Å². The molecule has 0 saturated carbocycles. The van der Waals surface area contributed by atoms with Gasteiger partial charge in [0.05, 0.1) is 25.0 Å². The molecular weight excluding hydrogens is 337 g/mol. The fourth-order valence-corrected chi connectivity index (χ4v) is 2.66. The van der Waals surface area contributed by atoms with Crippen LogP contribution in [-0.4, -0.2) is 35.6 Å². The second-order valence-electron chi connectivity index (χ2n) is 5.77. The topological polar surface area (TPSA) is 68.5 Å². The van der Waals surface area contributed by atoms with Gasteiger partial charge >= 0.3 is 6.18 Å². The quantitative estimate of drug-likeness (QED) is 0.860. The van der Waals surface area contributed by atoms with Crippen molar-refractivity contribution in [1.82, 2.24) is 15.1 Å². The number of aromatic nitrogens is 2. The number of nitrogens with zero attached hydrogens (tertiary/aromatic N) is 3. The van der Waals surface area contributed by atoms with Crippen LogP contribution in [0.15, 0.2) is 35.5 Å². The number of aryl methyl sites for hydroxylation is 1. The zero-order valence-electron chi connectivity index (χ0n) is 13.3. The van der Waals surface area contributed by atoms with Crippen LogP contribution in [0.3, 0.4) is 0 Å². The fourth-order valence-electron chi connectivity index (χ4n) is 2.66. The lowest BCUT2D eigenvalue weighted by Gasteiger charge is -2.42. The Kier molecular flexibility index (Phi) is 4.11. The van der Waals surface area contributed by atoms with Gasteiger partial charge in [-0.25, -0.2) is 4.99 Å². The Morgan fingerprint density at radius 1 is 1.36 bits per heavy atom. The Hall–Kier alpha value is -2.68. The molecule has 1 amide bonds. The number of rotatable bonds is 4. The molecule has 2 heterocycles. The Bertz CT molecular complexity index is 808. The summed E-state index contributed by atoms with van der Waals surface area (Å²) in [6.45, 7) is 3.74. The summed E-state index contributed by atoms with van der Waals surface area (Å²) in [4.78, 5) is 16.3. The average Bonchev–Trinajstić information content (AvgIpc) is 2.91. The number of nitrogens with one attached hydrogen (secondary N) is 1. The minimum atomic E-state index is -4.41. The van der Waals surface area contributed by atoms with E-state index in [9.17, 15) is 18.0 Å². The Morgan fingerprint density at radius 3 is 2.48 bits per heavy atom. The van der Waals surface area contributed by atoms with E-state index in [1.54, 1.807) is 7.05 Å². The van der Waals surface area contributed by atoms with E-state index in [1.807, 2.05) is 0 Å². The highest BCUT2D eigenvalue weighted by Gasteiger charge is 2.43. The van der Waals surface area contributed by atoms with Crippen molar-refractivity contribution in [3.8, 4) is 0 Å². The lowest BCUT2D eigenvalue weighted by molar-refractivity contribution is -0.137. The molecule has 0 unspecified atom stereocenters. The van der Waals surface area contributed by atoms with E-state index in [0.29, 0.717) is 11.4 Å². The zero-order chi connectivity index (χ0) is 18.2. The maximum atomic E-state index is 12.7. The van der Waals surface area contributed by atoms with E-state index in [2.05, 4.69) is 22.1 Å². The van der Waals surface area contributed by atoms with Gasteiger partial charge < -0.3 is 10.1 Å². The largest absolute Gasteiger partial charge is 0.416 e. The number of benzene rings is 1. The van der Waals surface area contributed by atoms with Crippen molar-refractivity contribution in [3.63, 3.8) is 0 Å². The number of carbonyl (C=O) groups is 1. The summed E-state index contributed by atoms with van der Waals surface area (Å²) in [5.74, 6) is -0.140. The average molecular weight is 352 g/mol. The third-order valence-electron chi connectivity index (χ3n) is 4.12. The van der Waals surface area contributed by atoms with Gasteiger partial charge in [-0.15, -0.1) is 0 Å². The van der Waals surface area contributed by atoms with E-state index >= 15 is 0 Å². The van der Waals surface area contributed by atoms with E-state index in [1.165, 1.54) is 23.0 Å². The van der Waals surface area contributed by atoms with Gasteiger partial charge in [0.2, 0.25) is 0 Å². The van der Waals surface area contributed by atoms with E-state index in [4.69, 9.17) is 4.74 Å². The molecule has 1 aliphatic heterocycles. The number of hydrogen-bond acceptors (Lipinski definition) is 4. The van der Waals surface area contributed by atoms with Crippen LogP contribution in [0.1, 0.15) is 21.5 Å². The standard InChI is InChI=1S/C16H15F3N4O2/c1-20-13-12(7-21-23(13)2)14(24)22-15(8-25-9-15)10-3-5-11(6-4-10)16(17,18)19/h3-7H,1,8-9H2,2H3,(H,22,24). The first kappa shape index (κ1) is 17.2. The first-order valence-corrected chi connectivity index (χ1v) is 7.33. The summed E-state index contributed by atoms with van der Waals surface area (Å²) in [5, 5.41) is 6.78. The van der Waals surface area contributed by atoms with Crippen molar-refractivity contribution in [2.24, 2.45) is 12.0 Å². The maximum Gasteiger partial charge on any atom is 0.416 e. The summed E-state index contributed by atoms with van der Waals surface area (Å²) >= 11 is 0. The molecule has 0 atom stereocenters. The predicted molar refractivity (Wildman–Crippen MR) is 83.8 cm³/mol. The second-order valence-corrected chi connectivity index (χ2v) is 5.77. The van der Waals surface area contributed by atoms with Gasteiger partial charge in [-0.3, -0.25) is 9.48 Å². The zero-order valence-corrected chi connectivity index (χ0v) is 13.3. The van der Waals surface area contributed by atoms with Crippen molar-refractivity contribution in [1.29, 1.82) is 0 Å². The number of ether oxygens (including phenoxy) is 1. The van der Waals surface area contributed by atoms with Crippen LogP contribution in [0.2, 0.25) is 0 Å². The fraction of sp³-hybridized carbons (Fsp3) is 0.312. The van der Waals surface area contributed by atoms with E-state index < -0.39 is 23.2 Å². The summed E-state index contributed by atoms with van der Waals surface area (Å²) in [5.41, 5.74) is -0.855. The number of amides is 1. The van der Waals surface area contributed by atoms with E-state index in [-0.39, 0.29) is 18.8 Å². The molecule has 9 heteroatoms. The molecule has 132 valence electrons. The second kappa shape index (κ2) is 5.99. The molecule has 0 aliphatic carbocycles. The van der Waals surface area contributed by atoms with Crippen molar-refractivity contribution < 1.29 is 22.7 Å². The molecule has 1 aromatic carbocycles. The first-order valence-electron chi connectivity index (χ1n) is 7.33. The molecule has 1 aliphatic rings.